The molecule has 29 heavy (non-hydrogen) atoms. The first kappa shape index (κ1) is 22.2. The number of carboxylic acids is 1. The average molecular weight is 410 g/mol. The van der Waals surface area contributed by atoms with Crippen LogP contribution < -0.4 is 15.5 Å². The molecule has 1 aliphatic heterocycles. The van der Waals surface area contributed by atoms with Crippen molar-refractivity contribution in [1.82, 2.24) is 4.98 Å². The van der Waals surface area contributed by atoms with Crippen LogP contribution in [-0.2, 0) is 9.59 Å². The highest BCUT2D eigenvalue weighted by Gasteiger charge is 2.38. The Labute approximate surface area is 165 Å². The maximum atomic E-state index is 11.7. The zero-order valence-electron chi connectivity index (χ0n) is 15.7. The number of fused-ring (bicyclic) bond motifs is 1. The van der Waals surface area contributed by atoms with E-state index in [1.165, 1.54) is 6.08 Å². The Kier molecular flexibility index (Phi) is 6.80. The molecule has 1 atom stereocenters. The Morgan fingerprint density at radius 2 is 2.03 bits per heavy atom. The van der Waals surface area contributed by atoms with E-state index in [1.807, 2.05) is 24.3 Å². The molecule has 3 N–H and O–H groups in total. The molecule has 0 spiro atoms. The molecule has 1 aliphatic rings. The lowest BCUT2D eigenvalue weighted by Gasteiger charge is -2.20. The number of nitrogens with two attached hydrogens (primary N) is 1. The van der Waals surface area contributed by atoms with Gasteiger partial charge in [-0.05, 0) is 42.1 Å². The van der Waals surface area contributed by atoms with Gasteiger partial charge < -0.3 is 20.6 Å². The van der Waals surface area contributed by atoms with E-state index in [9.17, 15) is 18.0 Å². The summed E-state index contributed by atoms with van der Waals surface area (Å²) in [6, 6.07) is 8.13. The maximum Gasteiger partial charge on any atom is 0.490 e. The van der Waals surface area contributed by atoms with Gasteiger partial charge >= 0.3 is 12.1 Å². The second-order valence-corrected chi connectivity index (χ2v) is 6.44. The normalized spacial score (nSPS) is 16.2. The third kappa shape index (κ3) is 5.44. The van der Waals surface area contributed by atoms with Crippen LogP contribution in [0.3, 0.4) is 0 Å². The quantitative estimate of drug-likeness (QED) is 0.755. The van der Waals surface area contributed by atoms with Gasteiger partial charge in [0.15, 0.2) is 0 Å². The molecule has 0 unspecified atom stereocenters. The first-order valence-corrected chi connectivity index (χ1v) is 8.64. The number of carbonyl (C=O) groups excluding carboxylic acids is 1. The number of alkyl halides is 3. The Morgan fingerprint density at radius 3 is 2.55 bits per heavy atom. The summed E-state index contributed by atoms with van der Waals surface area (Å²) in [6.45, 7) is 5.29. The molecular formula is C19H21F3N4O3. The summed E-state index contributed by atoms with van der Waals surface area (Å²) in [4.78, 5) is 29.0. The predicted molar refractivity (Wildman–Crippen MR) is 104 cm³/mol. The van der Waals surface area contributed by atoms with Crippen LogP contribution in [0.15, 0.2) is 43.1 Å². The Hall–Kier alpha value is -3.14. The smallest absolute Gasteiger partial charge is 0.475 e. The number of benzene rings is 1. The summed E-state index contributed by atoms with van der Waals surface area (Å²) in [6.07, 6.45) is -0.971. The van der Waals surface area contributed by atoms with Crippen LogP contribution in [0.5, 0.6) is 0 Å². The van der Waals surface area contributed by atoms with Gasteiger partial charge in [0, 0.05) is 43.4 Å². The number of anilines is 2. The van der Waals surface area contributed by atoms with E-state index in [1.54, 1.807) is 18.1 Å². The molecule has 0 aliphatic carbocycles. The number of likely N-dealkylation sites (N-methyl/N-ethyl adjacent to an activating group) is 1. The molecular weight excluding hydrogens is 389 g/mol. The zero-order chi connectivity index (χ0) is 21.8. The van der Waals surface area contributed by atoms with E-state index in [0.717, 1.165) is 41.8 Å². The standard InChI is InChI=1S/C17H20N4O.C2HF3O2/c1-3-16(22)20(2)14-4-5-15-12(10-14)6-8-19-17(15)21-9-7-13(18)11-21;3-2(4,5)1(6)7/h3-6,8,10,13H,1,7,9,11,18H2,2H3;(H,6,7)/t13-;/m1./s1. The van der Waals surface area contributed by atoms with Crippen LogP contribution in [-0.4, -0.2) is 54.3 Å². The van der Waals surface area contributed by atoms with Crippen molar-refractivity contribution in [3.8, 4) is 0 Å². The van der Waals surface area contributed by atoms with Crippen molar-refractivity contribution in [2.75, 3.05) is 29.9 Å². The minimum Gasteiger partial charge on any atom is -0.475 e. The number of amides is 1. The molecule has 2 aromatic rings. The fourth-order valence-electron chi connectivity index (χ4n) is 2.85. The lowest BCUT2D eigenvalue weighted by molar-refractivity contribution is -0.192. The number of pyridine rings is 1. The molecule has 0 saturated carbocycles. The zero-order valence-corrected chi connectivity index (χ0v) is 15.7. The molecule has 2 heterocycles. The van der Waals surface area contributed by atoms with Gasteiger partial charge in [0.2, 0.25) is 5.91 Å². The predicted octanol–water partition coefficient (Wildman–Crippen LogP) is 2.55. The van der Waals surface area contributed by atoms with Gasteiger partial charge in [-0.3, -0.25) is 4.79 Å². The molecule has 0 radical (unpaired) electrons. The van der Waals surface area contributed by atoms with Crippen molar-refractivity contribution in [2.45, 2.75) is 18.6 Å². The largest absolute Gasteiger partial charge is 0.490 e. The minimum absolute atomic E-state index is 0.126. The van der Waals surface area contributed by atoms with Crippen molar-refractivity contribution in [2.24, 2.45) is 5.73 Å². The van der Waals surface area contributed by atoms with Crippen molar-refractivity contribution in [1.29, 1.82) is 0 Å². The van der Waals surface area contributed by atoms with Gasteiger partial charge in [0.05, 0.1) is 0 Å². The third-order valence-corrected chi connectivity index (χ3v) is 4.39. The maximum absolute atomic E-state index is 11.7. The average Bonchev–Trinajstić information content (AvgIpc) is 3.11. The topological polar surface area (TPSA) is 99.8 Å². The van der Waals surface area contributed by atoms with E-state index in [2.05, 4.69) is 16.5 Å². The molecule has 1 fully saturated rings. The molecule has 1 aromatic carbocycles. The molecule has 10 heteroatoms. The first-order valence-electron chi connectivity index (χ1n) is 8.64. The van der Waals surface area contributed by atoms with Crippen molar-refractivity contribution in [3.05, 3.63) is 43.1 Å². The van der Waals surface area contributed by atoms with Crippen LogP contribution in [0, 0.1) is 0 Å². The summed E-state index contributed by atoms with van der Waals surface area (Å²) >= 11 is 0. The molecule has 7 nitrogen and oxygen atoms in total. The van der Waals surface area contributed by atoms with Crippen LogP contribution >= 0.6 is 0 Å². The number of aromatic nitrogens is 1. The molecule has 156 valence electrons. The van der Waals surface area contributed by atoms with Gasteiger partial charge in [-0.2, -0.15) is 13.2 Å². The van der Waals surface area contributed by atoms with Gasteiger partial charge in [-0.25, -0.2) is 9.78 Å². The van der Waals surface area contributed by atoms with Crippen molar-refractivity contribution < 1.29 is 27.9 Å². The van der Waals surface area contributed by atoms with Gasteiger partial charge in [-0.1, -0.05) is 6.58 Å². The van der Waals surface area contributed by atoms with E-state index < -0.39 is 12.1 Å². The first-order chi connectivity index (χ1) is 13.5. The van der Waals surface area contributed by atoms with E-state index in [4.69, 9.17) is 15.6 Å². The fraction of sp³-hybridized carbons (Fsp3) is 0.316. The lowest BCUT2D eigenvalue weighted by Crippen LogP contribution is -2.27. The number of rotatable bonds is 3. The Balaban J connectivity index is 0.000000370. The second-order valence-electron chi connectivity index (χ2n) is 6.44. The van der Waals surface area contributed by atoms with Crippen LogP contribution in [0.2, 0.25) is 0 Å². The summed E-state index contributed by atoms with van der Waals surface area (Å²) in [5, 5.41) is 9.27. The van der Waals surface area contributed by atoms with Crippen molar-refractivity contribution >= 4 is 34.2 Å². The highest BCUT2D eigenvalue weighted by Crippen LogP contribution is 2.29. The molecule has 1 aromatic heterocycles. The van der Waals surface area contributed by atoms with Gasteiger partial charge in [-0.15, -0.1) is 0 Å². The number of hydrogen-bond donors (Lipinski definition) is 2. The summed E-state index contributed by atoms with van der Waals surface area (Å²) < 4.78 is 31.7. The molecule has 3 rings (SSSR count). The highest BCUT2D eigenvalue weighted by molar-refractivity contribution is 6.03. The second kappa shape index (κ2) is 8.91. The van der Waals surface area contributed by atoms with E-state index in [-0.39, 0.29) is 11.9 Å². The van der Waals surface area contributed by atoms with E-state index >= 15 is 0 Å². The van der Waals surface area contributed by atoms with Crippen LogP contribution in [0.25, 0.3) is 10.8 Å². The summed E-state index contributed by atoms with van der Waals surface area (Å²) in [5.74, 6) is -1.92. The summed E-state index contributed by atoms with van der Waals surface area (Å²) in [5.41, 5.74) is 6.84. The SMILES string of the molecule is C=CC(=O)N(C)c1ccc2c(N3CC[C@@H](N)C3)nccc2c1.O=C(O)C(F)(F)F. The number of carboxylic acid groups (broad SMARTS) is 1. The monoisotopic (exact) mass is 410 g/mol. The number of nitrogens with zero attached hydrogens (tertiary/aromatic N) is 3. The number of aliphatic carboxylic acids is 1. The fourth-order valence-corrected chi connectivity index (χ4v) is 2.85. The van der Waals surface area contributed by atoms with E-state index in [0.29, 0.717) is 0 Å². The van der Waals surface area contributed by atoms with Crippen LogP contribution in [0.1, 0.15) is 6.42 Å². The van der Waals surface area contributed by atoms with Gasteiger partial charge in [0.25, 0.3) is 0 Å². The summed E-state index contributed by atoms with van der Waals surface area (Å²) in [7, 11) is 1.74. The highest BCUT2D eigenvalue weighted by atomic mass is 19.4. The Morgan fingerprint density at radius 1 is 1.38 bits per heavy atom. The molecule has 0 bridgehead atoms. The Bertz CT molecular complexity index is 917. The number of hydrogen-bond acceptors (Lipinski definition) is 5. The third-order valence-electron chi connectivity index (χ3n) is 4.39. The minimum atomic E-state index is -5.08. The number of carbonyl (C=O) groups is 2. The molecule has 1 amide bonds. The van der Waals surface area contributed by atoms with Crippen molar-refractivity contribution in [3.63, 3.8) is 0 Å². The number of halogens is 3. The molecule has 1 saturated heterocycles. The van der Waals surface area contributed by atoms with Gasteiger partial charge in [0.1, 0.15) is 5.82 Å². The lowest BCUT2D eigenvalue weighted by atomic mass is 10.1. The van der Waals surface area contributed by atoms with Crippen LogP contribution in [0.4, 0.5) is 24.7 Å².